The Kier molecular flexibility index (Phi) is 4.63. The van der Waals surface area contributed by atoms with Gasteiger partial charge in [0.2, 0.25) is 0 Å². The van der Waals surface area contributed by atoms with Crippen molar-refractivity contribution in [1.82, 2.24) is 10.2 Å². The molecule has 0 radical (unpaired) electrons. The first-order chi connectivity index (χ1) is 10.2. The third kappa shape index (κ3) is 3.47. The number of nitrogens with one attached hydrogen (secondary N) is 1. The van der Waals surface area contributed by atoms with E-state index in [4.69, 9.17) is 4.74 Å². The van der Waals surface area contributed by atoms with Crippen LogP contribution < -0.4 is 5.32 Å². The molecule has 0 spiro atoms. The number of fused-ring (bicyclic) bond motifs is 2. The largest absolute Gasteiger partial charge is 0.372 e. The molecule has 3 heteroatoms. The lowest BCUT2D eigenvalue weighted by Gasteiger charge is -2.34. The number of rotatable bonds is 5. The lowest BCUT2D eigenvalue weighted by atomic mass is 9.99. The molecule has 1 aromatic carbocycles. The second-order valence-electron chi connectivity index (χ2n) is 6.84. The Hall–Kier alpha value is -0.900. The quantitative estimate of drug-likeness (QED) is 0.901. The van der Waals surface area contributed by atoms with Crippen LogP contribution in [0.3, 0.4) is 0 Å². The van der Waals surface area contributed by atoms with Crippen LogP contribution >= 0.6 is 0 Å². The minimum absolute atomic E-state index is 0.406. The maximum absolute atomic E-state index is 5.93. The molecule has 0 amide bonds. The molecule has 0 aromatic heterocycles. The van der Waals surface area contributed by atoms with Crippen LogP contribution in [0.5, 0.6) is 0 Å². The summed E-state index contributed by atoms with van der Waals surface area (Å²) in [5, 5.41) is 3.48. The molecule has 21 heavy (non-hydrogen) atoms. The van der Waals surface area contributed by atoms with Crippen LogP contribution in [0.2, 0.25) is 0 Å². The van der Waals surface area contributed by atoms with E-state index in [1.807, 2.05) is 0 Å². The van der Waals surface area contributed by atoms with Crippen molar-refractivity contribution >= 4 is 0 Å². The Bertz CT molecular complexity index is 445. The number of likely N-dealkylation sites (N-methyl/N-ethyl adjacent to an activating group) is 1. The normalized spacial score (nSPS) is 27.2. The van der Waals surface area contributed by atoms with Crippen molar-refractivity contribution in [2.24, 2.45) is 0 Å². The van der Waals surface area contributed by atoms with Crippen LogP contribution in [0.15, 0.2) is 24.3 Å². The smallest absolute Gasteiger partial charge is 0.0707 e. The van der Waals surface area contributed by atoms with Crippen LogP contribution in [-0.2, 0) is 4.74 Å². The second-order valence-corrected chi connectivity index (χ2v) is 6.84. The molecule has 2 aliphatic heterocycles. The summed E-state index contributed by atoms with van der Waals surface area (Å²) in [4.78, 5) is 2.57. The average Bonchev–Trinajstić information content (AvgIpc) is 2.84. The lowest BCUT2D eigenvalue weighted by molar-refractivity contribution is -0.0405. The monoisotopic (exact) mass is 288 g/mol. The van der Waals surface area contributed by atoms with Gasteiger partial charge < -0.3 is 10.1 Å². The topological polar surface area (TPSA) is 24.5 Å². The highest BCUT2D eigenvalue weighted by molar-refractivity contribution is 5.27. The van der Waals surface area contributed by atoms with E-state index < -0.39 is 0 Å². The molecular formula is C18H28N2O. The summed E-state index contributed by atoms with van der Waals surface area (Å²) < 4.78 is 5.93. The average molecular weight is 288 g/mol. The van der Waals surface area contributed by atoms with Gasteiger partial charge in [0.05, 0.1) is 12.2 Å². The summed E-state index contributed by atoms with van der Waals surface area (Å²) in [7, 11) is 2.07. The zero-order valence-corrected chi connectivity index (χ0v) is 13.5. The van der Waals surface area contributed by atoms with Crippen molar-refractivity contribution in [3.63, 3.8) is 0 Å². The molecule has 116 valence electrons. The van der Waals surface area contributed by atoms with Crippen LogP contribution in [0.4, 0.5) is 0 Å². The molecule has 3 unspecified atom stereocenters. The van der Waals surface area contributed by atoms with Crippen molar-refractivity contribution in [1.29, 1.82) is 0 Å². The maximum atomic E-state index is 5.93. The van der Waals surface area contributed by atoms with Gasteiger partial charge in [0.15, 0.2) is 0 Å². The first-order valence-corrected chi connectivity index (χ1v) is 8.30. The van der Waals surface area contributed by atoms with Gasteiger partial charge in [-0.05, 0) is 36.9 Å². The summed E-state index contributed by atoms with van der Waals surface area (Å²) in [5.41, 5.74) is 2.80. The van der Waals surface area contributed by atoms with Gasteiger partial charge in [-0.25, -0.2) is 0 Å². The van der Waals surface area contributed by atoms with Crippen molar-refractivity contribution in [3.8, 4) is 0 Å². The molecule has 2 fully saturated rings. The van der Waals surface area contributed by atoms with E-state index in [0.29, 0.717) is 24.2 Å². The van der Waals surface area contributed by atoms with Crippen molar-refractivity contribution < 1.29 is 4.74 Å². The van der Waals surface area contributed by atoms with Crippen molar-refractivity contribution in [2.75, 3.05) is 26.7 Å². The summed E-state index contributed by atoms with van der Waals surface area (Å²) >= 11 is 0. The molecule has 1 N–H and O–H groups in total. The van der Waals surface area contributed by atoms with E-state index in [2.05, 4.69) is 55.4 Å². The summed E-state index contributed by atoms with van der Waals surface area (Å²) in [6, 6.07) is 9.52. The molecule has 0 saturated carbocycles. The zero-order chi connectivity index (χ0) is 14.8. The minimum atomic E-state index is 0.406. The third-order valence-corrected chi connectivity index (χ3v) is 4.91. The molecule has 3 nitrogen and oxygen atoms in total. The van der Waals surface area contributed by atoms with Gasteiger partial charge in [0.1, 0.15) is 0 Å². The predicted octanol–water partition coefficient (Wildman–Crippen LogP) is 2.93. The van der Waals surface area contributed by atoms with Gasteiger partial charge in [-0.15, -0.1) is 0 Å². The van der Waals surface area contributed by atoms with E-state index in [1.54, 1.807) is 0 Å². The van der Waals surface area contributed by atoms with Crippen molar-refractivity contribution in [2.45, 2.75) is 50.9 Å². The SMILES string of the molecule is CNC(CN1CC2CCC(C1)O2)c1ccc(C(C)C)cc1. The fourth-order valence-corrected chi connectivity index (χ4v) is 3.58. The number of morpholine rings is 1. The van der Waals surface area contributed by atoms with Gasteiger partial charge >= 0.3 is 0 Å². The van der Waals surface area contributed by atoms with Crippen molar-refractivity contribution in [3.05, 3.63) is 35.4 Å². The number of hydrogen-bond acceptors (Lipinski definition) is 3. The molecule has 3 rings (SSSR count). The van der Waals surface area contributed by atoms with Crippen LogP contribution in [0, 0.1) is 0 Å². The highest BCUT2D eigenvalue weighted by Gasteiger charge is 2.34. The van der Waals surface area contributed by atoms with E-state index in [9.17, 15) is 0 Å². The Balaban J connectivity index is 1.64. The number of nitrogens with zero attached hydrogens (tertiary/aromatic N) is 1. The Morgan fingerprint density at radius 3 is 2.19 bits per heavy atom. The van der Waals surface area contributed by atoms with Crippen LogP contribution in [0.25, 0.3) is 0 Å². The van der Waals surface area contributed by atoms with Crippen LogP contribution in [-0.4, -0.2) is 43.8 Å². The fourth-order valence-electron chi connectivity index (χ4n) is 3.58. The standard InChI is InChI=1S/C18H28N2O/c1-13(2)14-4-6-15(7-5-14)18(19-3)12-20-10-16-8-9-17(11-20)21-16/h4-7,13,16-19H,8-12H2,1-3H3. The highest BCUT2D eigenvalue weighted by atomic mass is 16.5. The molecule has 3 atom stereocenters. The Morgan fingerprint density at radius 1 is 1.10 bits per heavy atom. The second kappa shape index (κ2) is 6.47. The van der Waals surface area contributed by atoms with E-state index in [0.717, 1.165) is 19.6 Å². The van der Waals surface area contributed by atoms with E-state index in [1.165, 1.54) is 24.0 Å². The first-order valence-electron chi connectivity index (χ1n) is 8.30. The third-order valence-electron chi connectivity index (χ3n) is 4.91. The number of likely N-dealkylation sites (tertiary alicyclic amines) is 1. The highest BCUT2D eigenvalue weighted by Crippen LogP contribution is 2.27. The van der Waals surface area contributed by atoms with Gasteiger partial charge in [0.25, 0.3) is 0 Å². The van der Waals surface area contributed by atoms with Gasteiger partial charge in [-0.1, -0.05) is 38.1 Å². The maximum Gasteiger partial charge on any atom is 0.0707 e. The molecule has 2 aliphatic rings. The number of ether oxygens (including phenoxy) is 1. The molecule has 2 heterocycles. The van der Waals surface area contributed by atoms with Gasteiger partial charge in [-0.3, -0.25) is 4.90 Å². The summed E-state index contributed by atoms with van der Waals surface area (Å²) in [6.45, 7) is 7.76. The Morgan fingerprint density at radius 2 is 1.67 bits per heavy atom. The molecule has 2 saturated heterocycles. The first kappa shape index (κ1) is 15.0. The number of hydrogen-bond donors (Lipinski definition) is 1. The summed E-state index contributed by atoms with van der Waals surface area (Å²) in [6.07, 6.45) is 3.44. The molecule has 0 aliphatic carbocycles. The Labute approximate surface area is 128 Å². The fraction of sp³-hybridized carbons (Fsp3) is 0.667. The molecule has 2 bridgehead atoms. The minimum Gasteiger partial charge on any atom is -0.372 e. The molecule has 1 aromatic rings. The summed E-state index contributed by atoms with van der Waals surface area (Å²) in [5.74, 6) is 0.599. The van der Waals surface area contributed by atoms with Gasteiger partial charge in [-0.2, -0.15) is 0 Å². The lowest BCUT2D eigenvalue weighted by Crippen LogP contribution is -2.45. The predicted molar refractivity (Wildman–Crippen MR) is 86.7 cm³/mol. The van der Waals surface area contributed by atoms with Gasteiger partial charge in [0, 0.05) is 25.7 Å². The zero-order valence-electron chi connectivity index (χ0n) is 13.5. The van der Waals surface area contributed by atoms with E-state index >= 15 is 0 Å². The number of benzene rings is 1. The van der Waals surface area contributed by atoms with E-state index in [-0.39, 0.29) is 0 Å². The molecular weight excluding hydrogens is 260 g/mol. The van der Waals surface area contributed by atoms with Crippen LogP contribution in [0.1, 0.15) is 49.8 Å².